The zero-order valence-corrected chi connectivity index (χ0v) is 8.47. The summed E-state index contributed by atoms with van der Waals surface area (Å²) in [5, 5.41) is 13.1. The third-order valence-corrected chi connectivity index (χ3v) is 2.20. The third kappa shape index (κ3) is 2.03. The molecule has 5 heteroatoms. The average Bonchev–Trinajstić information content (AvgIpc) is 2.25. The molecule has 1 heterocycles. The Bertz CT molecular complexity index is 540. The van der Waals surface area contributed by atoms with Gasteiger partial charge < -0.3 is 16.2 Å². The maximum absolute atomic E-state index is 10.5. The number of fused-ring (bicyclic) bond motifs is 1. The Hall–Kier alpha value is -2.30. The Morgan fingerprint density at radius 2 is 2.25 bits per heavy atom. The summed E-state index contributed by atoms with van der Waals surface area (Å²) in [6.45, 7) is -0.156. The number of carbonyl (C=O) groups is 1. The topological polar surface area (TPSA) is 88.2 Å². The molecule has 1 aromatic carbocycles. The number of hydrogen-bond donors (Lipinski definition) is 3. The summed E-state index contributed by atoms with van der Waals surface area (Å²) < 4.78 is 0. The van der Waals surface area contributed by atoms with Gasteiger partial charge in [-0.3, -0.25) is 4.79 Å². The van der Waals surface area contributed by atoms with E-state index in [2.05, 4.69) is 10.3 Å². The number of pyridine rings is 1. The fourth-order valence-electron chi connectivity index (χ4n) is 1.50. The van der Waals surface area contributed by atoms with Crippen LogP contribution in [0.5, 0.6) is 0 Å². The summed E-state index contributed by atoms with van der Waals surface area (Å²) in [5.74, 6) is -0.367. The van der Waals surface area contributed by atoms with Gasteiger partial charge in [0.05, 0.1) is 0 Å². The molecule has 0 unspecified atom stereocenters. The lowest BCUT2D eigenvalue weighted by Crippen LogP contribution is -2.13. The maximum atomic E-state index is 10.5. The number of nitrogens with zero attached hydrogens (tertiary/aromatic N) is 1. The Balaban J connectivity index is 2.41. The number of anilines is 2. The van der Waals surface area contributed by atoms with Gasteiger partial charge in [-0.25, -0.2) is 4.98 Å². The summed E-state index contributed by atoms with van der Waals surface area (Å²) in [6, 6.07) is 7.23. The SMILES string of the molecule is Nc1ccc2c(NCC(=O)O)nccc2c1. The Kier molecular flexibility index (Phi) is 2.59. The predicted octanol–water partition coefficient (Wildman–Crippen LogP) is 1.31. The van der Waals surface area contributed by atoms with Crippen molar-refractivity contribution in [3.8, 4) is 0 Å². The summed E-state index contributed by atoms with van der Waals surface area (Å²) >= 11 is 0. The second kappa shape index (κ2) is 4.06. The van der Waals surface area contributed by atoms with Gasteiger partial charge in [-0.05, 0) is 29.7 Å². The summed E-state index contributed by atoms with van der Waals surface area (Å²) in [5.41, 5.74) is 6.33. The minimum absolute atomic E-state index is 0.156. The van der Waals surface area contributed by atoms with Gasteiger partial charge in [0.15, 0.2) is 0 Å². The predicted molar refractivity (Wildman–Crippen MR) is 62.3 cm³/mol. The first-order chi connectivity index (χ1) is 7.66. The van der Waals surface area contributed by atoms with Crippen molar-refractivity contribution in [2.24, 2.45) is 0 Å². The van der Waals surface area contributed by atoms with Crippen LogP contribution in [0.1, 0.15) is 0 Å². The molecule has 0 saturated heterocycles. The number of aromatic nitrogens is 1. The van der Waals surface area contributed by atoms with Crippen LogP contribution in [0.2, 0.25) is 0 Å². The molecule has 16 heavy (non-hydrogen) atoms. The first-order valence-corrected chi connectivity index (χ1v) is 4.77. The number of nitrogens with two attached hydrogens (primary N) is 1. The van der Waals surface area contributed by atoms with Crippen molar-refractivity contribution >= 4 is 28.2 Å². The molecule has 0 saturated carbocycles. The number of carboxylic acids is 1. The molecule has 2 rings (SSSR count). The number of benzene rings is 1. The van der Waals surface area contributed by atoms with Gasteiger partial charge in [-0.1, -0.05) is 0 Å². The van der Waals surface area contributed by atoms with Gasteiger partial charge in [0.2, 0.25) is 0 Å². The second-order valence-electron chi connectivity index (χ2n) is 3.39. The minimum atomic E-state index is -0.922. The molecule has 0 spiro atoms. The van der Waals surface area contributed by atoms with Crippen LogP contribution < -0.4 is 11.1 Å². The number of aliphatic carboxylic acids is 1. The van der Waals surface area contributed by atoms with E-state index in [1.807, 2.05) is 18.2 Å². The van der Waals surface area contributed by atoms with Crippen LogP contribution in [0.15, 0.2) is 30.5 Å². The lowest BCUT2D eigenvalue weighted by atomic mass is 10.1. The average molecular weight is 217 g/mol. The molecule has 0 radical (unpaired) electrons. The van der Waals surface area contributed by atoms with Gasteiger partial charge in [-0.2, -0.15) is 0 Å². The van der Waals surface area contributed by atoms with Gasteiger partial charge in [-0.15, -0.1) is 0 Å². The Morgan fingerprint density at radius 1 is 1.44 bits per heavy atom. The standard InChI is InChI=1S/C11H11N3O2/c12-8-1-2-9-7(5-8)3-4-13-11(9)14-6-10(15)16/h1-5H,6,12H2,(H,13,14)(H,15,16). The summed E-state index contributed by atoms with van der Waals surface area (Å²) in [7, 11) is 0. The molecule has 0 amide bonds. The van der Waals surface area contributed by atoms with Crippen molar-refractivity contribution in [1.82, 2.24) is 4.98 Å². The van der Waals surface area contributed by atoms with Crippen LogP contribution >= 0.6 is 0 Å². The second-order valence-corrected chi connectivity index (χ2v) is 3.39. The number of nitrogen functional groups attached to an aromatic ring is 1. The van der Waals surface area contributed by atoms with E-state index in [1.165, 1.54) is 0 Å². The van der Waals surface area contributed by atoms with Gasteiger partial charge >= 0.3 is 5.97 Å². The van der Waals surface area contributed by atoms with E-state index >= 15 is 0 Å². The zero-order chi connectivity index (χ0) is 11.5. The first-order valence-electron chi connectivity index (χ1n) is 4.77. The molecule has 82 valence electrons. The number of rotatable bonds is 3. The molecule has 4 N–H and O–H groups in total. The molecule has 0 fully saturated rings. The molecule has 0 bridgehead atoms. The van der Waals surface area contributed by atoms with Gasteiger partial charge in [0.25, 0.3) is 0 Å². The fourth-order valence-corrected chi connectivity index (χ4v) is 1.50. The smallest absolute Gasteiger partial charge is 0.322 e. The highest BCUT2D eigenvalue weighted by Gasteiger charge is 2.03. The quantitative estimate of drug-likeness (QED) is 0.674. The highest BCUT2D eigenvalue weighted by Crippen LogP contribution is 2.22. The lowest BCUT2D eigenvalue weighted by molar-refractivity contribution is -0.134. The first kappa shape index (κ1) is 10.2. The molecule has 0 aliphatic carbocycles. The molecule has 0 aliphatic rings. The molecule has 0 atom stereocenters. The van der Waals surface area contributed by atoms with E-state index in [1.54, 1.807) is 12.3 Å². The van der Waals surface area contributed by atoms with Crippen LogP contribution in [0.4, 0.5) is 11.5 Å². The normalized spacial score (nSPS) is 10.2. The molecular weight excluding hydrogens is 206 g/mol. The van der Waals surface area contributed by atoms with Crippen molar-refractivity contribution in [1.29, 1.82) is 0 Å². The van der Waals surface area contributed by atoms with Crippen LogP contribution in [-0.2, 0) is 4.79 Å². The summed E-state index contributed by atoms with van der Waals surface area (Å²) in [4.78, 5) is 14.5. The van der Waals surface area contributed by atoms with Gasteiger partial charge in [0.1, 0.15) is 12.4 Å². The highest BCUT2D eigenvalue weighted by molar-refractivity contribution is 5.94. The van der Waals surface area contributed by atoms with E-state index in [4.69, 9.17) is 10.8 Å². The van der Waals surface area contributed by atoms with E-state index < -0.39 is 5.97 Å². The van der Waals surface area contributed by atoms with Crippen LogP contribution in [0, 0.1) is 0 Å². The van der Waals surface area contributed by atoms with Crippen molar-refractivity contribution in [2.45, 2.75) is 0 Å². The maximum Gasteiger partial charge on any atom is 0.322 e. The Labute approximate surface area is 91.9 Å². The van der Waals surface area contributed by atoms with E-state index in [-0.39, 0.29) is 6.54 Å². The van der Waals surface area contributed by atoms with Crippen LogP contribution in [0.3, 0.4) is 0 Å². The Morgan fingerprint density at radius 3 is 3.00 bits per heavy atom. The molecular formula is C11H11N3O2. The number of carboxylic acid groups (broad SMARTS) is 1. The lowest BCUT2D eigenvalue weighted by Gasteiger charge is -2.06. The van der Waals surface area contributed by atoms with Crippen molar-refractivity contribution in [3.63, 3.8) is 0 Å². The van der Waals surface area contributed by atoms with E-state index in [9.17, 15) is 4.79 Å². The van der Waals surface area contributed by atoms with E-state index in [0.29, 0.717) is 11.5 Å². The van der Waals surface area contributed by atoms with E-state index in [0.717, 1.165) is 10.8 Å². The monoisotopic (exact) mass is 217 g/mol. The zero-order valence-electron chi connectivity index (χ0n) is 8.47. The van der Waals surface area contributed by atoms with Crippen molar-refractivity contribution in [2.75, 3.05) is 17.6 Å². The molecule has 5 nitrogen and oxygen atoms in total. The molecule has 0 aliphatic heterocycles. The number of nitrogens with one attached hydrogen (secondary N) is 1. The van der Waals surface area contributed by atoms with Crippen LogP contribution in [0.25, 0.3) is 10.8 Å². The molecule has 1 aromatic heterocycles. The minimum Gasteiger partial charge on any atom is -0.480 e. The highest BCUT2D eigenvalue weighted by atomic mass is 16.4. The largest absolute Gasteiger partial charge is 0.480 e. The van der Waals surface area contributed by atoms with Crippen molar-refractivity contribution in [3.05, 3.63) is 30.5 Å². The van der Waals surface area contributed by atoms with Crippen molar-refractivity contribution < 1.29 is 9.90 Å². The third-order valence-electron chi connectivity index (χ3n) is 2.20. The number of hydrogen-bond acceptors (Lipinski definition) is 4. The fraction of sp³-hybridized carbons (Fsp3) is 0.0909. The molecule has 2 aromatic rings. The van der Waals surface area contributed by atoms with Gasteiger partial charge in [0, 0.05) is 17.3 Å². The van der Waals surface area contributed by atoms with Crippen LogP contribution in [-0.4, -0.2) is 22.6 Å². The summed E-state index contributed by atoms with van der Waals surface area (Å²) in [6.07, 6.45) is 1.62.